The zero-order valence-corrected chi connectivity index (χ0v) is 15.4. The number of alkyl halides is 3. The van der Waals surface area contributed by atoms with Crippen LogP contribution in [0.3, 0.4) is 0 Å². The second kappa shape index (κ2) is 6.27. The van der Waals surface area contributed by atoms with Crippen LogP contribution in [0.4, 0.5) is 19.1 Å². The molecule has 3 fully saturated rings. The van der Waals surface area contributed by atoms with Gasteiger partial charge >= 0.3 is 6.18 Å². The summed E-state index contributed by atoms with van der Waals surface area (Å²) in [5, 5.41) is 9.29. The number of anilines is 1. The van der Waals surface area contributed by atoms with E-state index in [-0.39, 0.29) is 5.41 Å². The first-order chi connectivity index (χ1) is 13.9. The van der Waals surface area contributed by atoms with E-state index in [0.717, 1.165) is 37.5 Å². The van der Waals surface area contributed by atoms with Gasteiger partial charge in [0.2, 0.25) is 11.8 Å². The highest BCUT2D eigenvalue weighted by Crippen LogP contribution is 2.58. The Morgan fingerprint density at radius 1 is 1.21 bits per heavy atom. The molecule has 10 heteroatoms. The molecule has 0 aromatic carbocycles. The van der Waals surface area contributed by atoms with Crippen LogP contribution in [-0.4, -0.2) is 39.6 Å². The van der Waals surface area contributed by atoms with Gasteiger partial charge in [0.25, 0.3) is 0 Å². The number of halogens is 3. The lowest BCUT2D eigenvalue weighted by atomic mass is 10.1. The van der Waals surface area contributed by atoms with Gasteiger partial charge in [0.1, 0.15) is 17.5 Å². The number of hydrogen-bond acceptors (Lipinski definition) is 7. The van der Waals surface area contributed by atoms with Crippen LogP contribution in [0, 0.1) is 22.7 Å². The summed E-state index contributed by atoms with van der Waals surface area (Å²) < 4.78 is 44.0. The van der Waals surface area contributed by atoms with E-state index in [0.29, 0.717) is 48.9 Å². The number of nitrogens with zero attached hydrogens (tertiary/aromatic N) is 6. The van der Waals surface area contributed by atoms with E-state index in [1.54, 1.807) is 0 Å². The molecule has 1 saturated heterocycles. The van der Waals surface area contributed by atoms with E-state index >= 15 is 0 Å². The molecule has 0 bridgehead atoms. The quantitative estimate of drug-likeness (QED) is 0.760. The third-order valence-corrected chi connectivity index (χ3v) is 5.89. The molecule has 2 saturated carbocycles. The van der Waals surface area contributed by atoms with Crippen LogP contribution < -0.4 is 9.64 Å². The molecule has 3 aliphatic rings. The van der Waals surface area contributed by atoms with Crippen molar-refractivity contribution in [2.75, 3.05) is 24.6 Å². The fourth-order valence-corrected chi connectivity index (χ4v) is 3.92. The summed E-state index contributed by atoms with van der Waals surface area (Å²) in [6.07, 6.45) is 1.76. The van der Waals surface area contributed by atoms with Gasteiger partial charge in [-0.25, -0.2) is 15.0 Å². The predicted molar refractivity (Wildman–Crippen MR) is 94.0 cm³/mol. The molecule has 3 heterocycles. The zero-order chi connectivity index (χ0) is 20.2. The minimum absolute atomic E-state index is 0.108. The molecule has 2 atom stereocenters. The molecule has 7 nitrogen and oxygen atoms in total. The number of piperidine rings is 1. The number of nitriles is 1. The van der Waals surface area contributed by atoms with Crippen LogP contribution >= 0.6 is 0 Å². The molecule has 0 amide bonds. The highest BCUT2D eigenvalue weighted by Gasteiger charge is 2.61. The van der Waals surface area contributed by atoms with Gasteiger partial charge < -0.3 is 9.64 Å². The summed E-state index contributed by atoms with van der Waals surface area (Å²) >= 11 is 0. The van der Waals surface area contributed by atoms with Gasteiger partial charge in [-0.05, 0) is 25.2 Å². The zero-order valence-electron chi connectivity index (χ0n) is 15.4. The van der Waals surface area contributed by atoms with Crippen LogP contribution in [0.25, 0.3) is 0 Å². The Bertz CT molecular complexity index is 985. The maximum Gasteiger partial charge on any atom is 0.419 e. The average molecular weight is 402 g/mol. The van der Waals surface area contributed by atoms with E-state index in [1.165, 1.54) is 6.20 Å². The summed E-state index contributed by atoms with van der Waals surface area (Å²) in [6, 6.07) is 2.06. The molecule has 2 aromatic rings. The van der Waals surface area contributed by atoms with Crippen LogP contribution in [0.2, 0.25) is 0 Å². The Balaban J connectivity index is 1.26. The fourth-order valence-electron chi connectivity index (χ4n) is 3.92. The van der Waals surface area contributed by atoms with Crippen molar-refractivity contribution in [1.82, 2.24) is 19.9 Å². The Labute approximate surface area is 164 Å². The average Bonchev–Trinajstić information content (AvgIpc) is 3.63. The summed E-state index contributed by atoms with van der Waals surface area (Å²) in [5.41, 5.74) is -0.657. The Kier molecular flexibility index (Phi) is 3.91. The SMILES string of the molecule is N#Cc1cnc(C2CC2)nc1OCC12CC1CN(c1ncc(C(F)(F)F)cn1)C2. The van der Waals surface area contributed by atoms with Gasteiger partial charge in [-0.15, -0.1) is 0 Å². The highest BCUT2D eigenvalue weighted by atomic mass is 19.4. The van der Waals surface area contributed by atoms with E-state index in [1.807, 2.05) is 4.90 Å². The second-order valence-corrected chi connectivity index (χ2v) is 8.04. The first kappa shape index (κ1) is 18.1. The number of aromatic nitrogens is 4. The molecular weight excluding hydrogens is 385 g/mol. The van der Waals surface area contributed by atoms with Crippen molar-refractivity contribution in [3.05, 3.63) is 35.5 Å². The molecule has 5 rings (SSSR count). The second-order valence-electron chi connectivity index (χ2n) is 8.04. The largest absolute Gasteiger partial charge is 0.476 e. The Morgan fingerprint density at radius 2 is 1.97 bits per heavy atom. The number of hydrogen-bond donors (Lipinski definition) is 0. The Hall–Kier alpha value is -2.96. The molecule has 0 radical (unpaired) electrons. The number of rotatable bonds is 5. The number of fused-ring (bicyclic) bond motifs is 1. The van der Waals surface area contributed by atoms with Crippen molar-refractivity contribution in [2.24, 2.45) is 11.3 Å². The van der Waals surface area contributed by atoms with Crippen LogP contribution in [-0.2, 0) is 6.18 Å². The minimum atomic E-state index is -4.45. The van der Waals surface area contributed by atoms with Crippen LogP contribution in [0.15, 0.2) is 18.6 Å². The van der Waals surface area contributed by atoms with Crippen LogP contribution in [0.1, 0.15) is 42.1 Å². The molecular formula is C19H17F3N6O. The lowest BCUT2D eigenvalue weighted by Crippen LogP contribution is -2.29. The molecule has 150 valence electrons. The summed E-state index contributed by atoms with van der Waals surface area (Å²) in [6.45, 7) is 1.67. The van der Waals surface area contributed by atoms with Gasteiger partial charge in [-0.2, -0.15) is 23.4 Å². The summed E-state index contributed by atoms with van der Waals surface area (Å²) in [7, 11) is 0. The van der Waals surface area contributed by atoms with E-state index in [9.17, 15) is 18.4 Å². The van der Waals surface area contributed by atoms with Crippen molar-refractivity contribution >= 4 is 5.95 Å². The fraction of sp³-hybridized carbons (Fsp3) is 0.526. The van der Waals surface area contributed by atoms with Crippen molar-refractivity contribution in [2.45, 2.75) is 31.4 Å². The van der Waals surface area contributed by atoms with Crippen LogP contribution in [0.5, 0.6) is 5.88 Å². The third-order valence-electron chi connectivity index (χ3n) is 5.89. The first-order valence-electron chi connectivity index (χ1n) is 9.42. The smallest absolute Gasteiger partial charge is 0.419 e. The molecule has 1 aliphatic heterocycles. The van der Waals surface area contributed by atoms with Crippen molar-refractivity contribution in [3.8, 4) is 11.9 Å². The van der Waals surface area contributed by atoms with Gasteiger partial charge in [0.05, 0.1) is 18.4 Å². The topological polar surface area (TPSA) is 87.8 Å². The molecule has 0 spiro atoms. The van der Waals surface area contributed by atoms with E-state index in [2.05, 4.69) is 26.0 Å². The maximum absolute atomic E-state index is 12.7. The summed E-state index contributed by atoms with van der Waals surface area (Å²) in [4.78, 5) is 18.3. The van der Waals surface area contributed by atoms with E-state index in [4.69, 9.17) is 4.74 Å². The highest BCUT2D eigenvalue weighted by molar-refractivity contribution is 5.39. The normalized spacial score (nSPS) is 25.4. The summed E-state index contributed by atoms with van der Waals surface area (Å²) in [5.74, 6) is 2.04. The van der Waals surface area contributed by atoms with Crippen molar-refractivity contribution < 1.29 is 17.9 Å². The monoisotopic (exact) mass is 402 g/mol. The van der Waals surface area contributed by atoms with Gasteiger partial charge in [0.15, 0.2) is 0 Å². The molecule has 0 N–H and O–H groups in total. The standard InChI is InChI=1S/C19H17F3N6O/c20-19(21,22)14-6-25-17(26-7-14)28-8-13-3-18(13,9-28)10-29-16-12(4-23)5-24-15(27-16)11-1-2-11/h5-7,11,13H,1-3,8-10H2. The van der Waals surface area contributed by atoms with Gasteiger partial charge in [-0.3, -0.25) is 0 Å². The van der Waals surface area contributed by atoms with Gasteiger partial charge in [0, 0.05) is 36.8 Å². The molecule has 2 aliphatic carbocycles. The molecule has 29 heavy (non-hydrogen) atoms. The van der Waals surface area contributed by atoms with E-state index < -0.39 is 11.7 Å². The van der Waals surface area contributed by atoms with Gasteiger partial charge in [-0.1, -0.05) is 0 Å². The van der Waals surface area contributed by atoms with Crippen molar-refractivity contribution in [1.29, 1.82) is 5.26 Å². The minimum Gasteiger partial charge on any atom is -0.476 e. The van der Waals surface area contributed by atoms with Crippen molar-refractivity contribution in [3.63, 3.8) is 0 Å². The third kappa shape index (κ3) is 3.34. The first-order valence-corrected chi connectivity index (χ1v) is 9.42. The molecule has 2 aromatic heterocycles. The lowest BCUT2D eigenvalue weighted by Gasteiger charge is -2.21. The molecule has 2 unspecified atom stereocenters. The predicted octanol–water partition coefficient (Wildman–Crippen LogP) is 2.94. The lowest BCUT2D eigenvalue weighted by molar-refractivity contribution is -0.138. The number of ether oxygens (including phenoxy) is 1. The Morgan fingerprint density at radius 3 is 2.62 bits per heavy atom. The maximum atomic E-state index is 12.7.